The fourth-order valence-corrected chi connectivity index (χ4v) is 5.89. The lowest BCUT2D eigenvalue weighted by atomic mass is 9.81. The molecule has 0 aromatic heterocycles. The molecule has 1 N–H and O–H groups in total. The van der Waals surface area contributed by atoms with E-state index in [9.17, 15) is 19.5 Å². The molecular formula is C28H28N2O7. The van der Waals surface area contributed by atoms with E-state index in [-0.39, 0.29) is 23.8 Å². The molecule has 0 unspecified atom stereocenters. The van der Waals surface area contributed by atoms with E-state index < -0.39 is 28.9 Å². The molecule has 192 valence electrons. The molecule has 2 fully saturated rings. The van der Waals surface area contributed by atoms with Gasteiger partial charge in [-0.05, 0) is 43.5 Å². The number of para-hydroxylation sites is 1. The molecule has 4 aliphatic rings. The van der Waals surface area contributed by atoms with Gasteiger partial charge in [-0.2, -0.15) is 0 Å². The van der Waals surface area contributed by atoms with Crippen LogP contribution in [0.5, 0.6) is 11.5 Å². The van der Waals surface area contributed by atoms with Crippen LogP contribution in [0.1, 0.15) is 37.3 Å². The van der Waals surface area contributed by atoms with Crippen molar-refractivity contribution in [2.24, 2.45) is 0 Å². The highest BCUT2D eigenvalue weighted by Crippen LogP contribution is 2.54. The second-order valence-corrected chi connectivity index (χ2v) is 9.65. The fraction of sp³-hybridized carbons (Fsp3) is 0.393. The van der Waals surface area contributed by atoms with Gasteiger partial charge >= 0.3 is 0 Å². The first-order chi connectivity index (χ1) is 18.0. The molecular weight excluding hydrogens is 476 g/mol. The number of likely N-dealkylation sites (tertiary alicyclic amines) is 1. The zero-order valence-electron chi connectivity index (χ0n) is 20.6. The van der Waals surface area contributed by atoms with Crippen LogP contribution in [-0.4, -0.2) is 66.6 Å². The Labute approximate surface area is 214 Å². The number of ketones is 1. The molecule has 2 atom stereocenters. The molecule has 0 radical (unpaired) electrons. The van der Waals surface area contributed by atoms with Crippen molar-refractivity contribution in [3.63, 3.8) is 0 Å². The lowest BCUT2D eigenvalue weighted by molar-refractivity contribution is -0.145. The molecule has 2 aromatic carbocycles. The summed E-state index contributed by atoms with van der Waals surface area (Å²) in [5, 5.41) is 11.7. The number of aliphatic hydroxyl groups is 1. The second kappa shape index (κ2) is 8.92. The number of aliphatic hydroxyl groups excluding tert-OH is 1. The number of benzene rings is 2. The second-order valence-electron chi connectivity index (χ2n) is 9.65. The van der Waals surface area contributed by atoms with Gasteiger partial charge in [-0.15, -0.1) is 0 Å². The molecule has 2 saturated heterocycles. The maximum atomic E-state index is 14.4. The van der Waals surface area contributed by atoms with E-state index in [1.807, 2.05) is 19.1 Å². The number of carbonyl (C=O) groups excluding carboxylic acids is 3. The van der Waals surface area contributed by atoms with E-state index in [4.69, 9.17) is 14.2 Å². The number of carbonyl (C=O) groups is 3. The van der Waals surface area contributed by atoms with E-state index in [1.54, 1.807) is 35.2 Å². The maximum Gasteiger partial charge on any atom is 0.296 e. The SMILES string of the molecule is CCCN1C(=O)[C@@]2(C(=C(O)c3ccc4c(c3)OCCO4)C(=O)C(=O)N2C[C@@H]2CCCO2)c2ccccc21. The van der Waals surface area contributed by atoms with Crippen LogP contribution in [0.3, 0.4) is 0 Å². The number of amides is 2. The Morgan fingerprint density at radius 3 is 2.59 bits per heavy atom. The Morgan fingerprint density at radius 1 is 1.05 bits per heavy atom. The normalized spacial score (nSPS) is 25.9. The van der Waals surface area contributed by atoms with Gasteiger partial charge < -0.3 is 29.1 Å². The number of Topliss-reactive ketones (excluding diaryl/α,β-unsaturated/α-hetero) is 1. The molecule has 2 aromatic rings. The molecule has 6 rings (SSSR count). The topological polar surface area (TPSA) is 106 Å². The first kappa shape index (κ1) is 23.5. The van der Waals surface area contributed by atoms with Crippen molar-refractivity contribution < 1.29 is 33.7 Å². The quantitative estimate of drug-likeness (QED) is 0.379. The number of anilines is 1. The van der Waals surface area contributed by atoms with Crippen LogP contribution in [-0.2, 0) is 24.7 Å². The molecule has 9 heteroatoms. The molecule has 0 aliphatic carbocycles. The summed E-state index contributed by atoms with van der Waals surface area (Å²) in [4.78, 5) is 44.6. The minimum Gasteiger partial charge on any atom is -0.507 e. The third-order valence-electron chi connectivity index (χ3n) is 7.48. The van der Waals surface area contributed by atoms with Gasteiger partial charge in [-0.1, -0.05) is 25.1 Å². The summed E-state index contributed by atoms with van der Waals surface area (Å²) in [5.74, 6) is -1.63. The van der Waals surface area contributed by atoms with Crippen LogP contribution in [0.25, 0.3) is 5.76 Å². The summed E-state index contributed by atoms with van der Waals surface area (Å²) >= 11 is 0. The number of ether oxygens (including phenoxy) is 3. The fourth-order valence-electron chi connectivity index (χ4n) is 5.89. The molecule has 4 heterocycles. The molecule has 9 nitrogen and oxygen atoms in total. The van der Waals surface area contributed by atoms with Crippen LogP contribution < -0.4 is 14.4 Å². The van der Waals surface area contributed by atoms with E-state index in [1.165, 1.54) is 4.90 Å². The maximum absolute atomic E-state index is 14.4. The van der Waals surface area contributed by atoms with Gasteiger partial charge in [-0.25, -0.2) is 0 Å². The minimum atomic E-state index is -1.79. The van der Waals surface area contributed by atoms with Crippen LogP contribution in [0.15, 0.2) is 48.0 Å². The average molecular weight is 505 g/mol. The Hall–Kier alpha value is -3.85. The van der Waals surface area contributed by atoms with Crippen LogP contribution >= 0.6 is 0 Å². The lowest BCUT2D eigenvalue weighted by Gasteiger charge is -2.35. The van der Waals surface area contributed by atoms with Gasteiger partial charge in [0.15, 0.2) is 17.0 Å². The van der Waals surface area contributed by atoms with Gasteiger partial charge in [-0.3, -0.25) is 14.4 Å². The van der Waals surface area contributed by atoms with Gasteiger partial charge in [0.05, 0.1) is 17.4 Å². The Morgan fingerprint density at radius 2 is 1.84 bits per heavy atom. The average Bonchev–Trinajstić information content (AvgIpc) is 3.58. The minimum absolute atomic E-state index is 0.0720. The van der Waals surface area contributed by atoms with E-state index in [2.05, 4.69) is 0 Å². The van der Waals surface area contributed by atoms with Crippen molar-refractivity contribution >= 4 is 29.0 Å². The summed E-state index contributed by atoms with van der Waals surface area (Å²) in [6.45, 7) is 3.76. The molecule has 37 heavy (non-hydrogen) atoms. The number of nitrogens with zero attached hydrogens (tertiary/aromatic N) is 2. The zero-order valence-corrected chi connectivity index (χ0v) is 20.6. The largest absolute Gasteiger partial charge is 0.507 e. The highest BCUT2D eigenvalue weighted by Gasteiger charge is 2.67. The predicted molar refractivity (Wildman–Crippen MR) is 133 cm³/mol. The number of fused-ring (bicyclic) bond motifs is 3. The molecule has 0 bridgehead atoms. The third kappa shape index (κ3) is 3.37. The Kier molecular flexibility index (Phi) is 5.67. The van der Waals surface area contributed by atoms with E-state index in [0.717, 1.165) is 12.8 Å². The van der Waals surface area contributed by atoms with Crippen LogP contribution in [0, 0.1) is 0 Å². The number of hydrogen-bond donors (Lipinski definition) is 1. The molecule has 1 spiro atoms. The van der Waals surface area contributed by atoms with Crippen molar-refractivity contribution in [1.82, 2.24) is 4.90 Å². The highest BCUT2D eigenvalue weighted by atomic mass is 16.6. The summed E-state index contributed by atoms with van der Waals surface area (Å²) in [6.07, 6.45) is 1.93. The van der Waals surface area contributed by atoms with Crippen molar-refractivity contribution in [1.29, 1.82) is 0 Å². The standard InChI is InChI=1S/C28H28N2O7/c1-2-11-29-20-8-4-3-7-19(20)28(27(29)34)23(25(32)26(33)30(28)16-18-6-5-12-35-18)24(31)17-9-10-21-22(15-17)37-14-13-36-21/h3-4,7-10,15,18,31H,2,5-6,11-14,16H2,1H3/t18-,28-/m0/s1. The van der Waals surface area contributed by atoms with Gasteiger partial charge in [0.1, 0.15) is 19.0 Å². The smallest absolute Gasteiger partial charge is 0.296 e. The van der Waals surface area contributed by atoms with Crippen LogP contribution in [0.2, 0.25) is 0 Å². The van der Waals surface area contributed by atoms with E-state index in [0.29, 0.717) is 55.5 Å². The van der Waals surface area contributed by atoms with Crippen molar-refractivity contribution in [3.8, 4) is 11.5 Å². The summed E-state index contributed by atoms with van der Waals surface area (Å²) in [5.41, 5.74) is -0.629. The monoisotopic (exact) mass is 504 g/mol. The van der Waals surface area contributed by atoms with Crippen LogP contribution in [0.4, 0.5) is 5.69 Å². The molecule has 4 aliphatic heterocycles. The first-order valence-corrected chi connectivity index (χ1v) is 12.7. The van der Waals surface area contributed by atoms with Crippen molar-refractivity contribution in [2.45, 2.75) is 37.8 Å². The van der Waals surface area contributed by atoms with Crippen molar-refractivity contribution in [2.75, 3.05) is 37.8 Å². The zero-order chi connectivity index (χ0) is 25.7. The van der Waals surface area contributed by atoms with Gasteiger partial charge in [0.25, 0.3) is 17.6 Å². The van der Waals surface area contributed by atoms with Gasteiger partial charge in [0.2, 0.25) is 0 Å². The number of hydrogen-bond acceptors (Lipinski definition) is 7. The Balaban J connectivity index is 1.59. The Bertz CT molecular complexity index is 1330. The molecule has 2 amide bonds. The summed E-state index contributed by atoms with van der Waals surface area (Å²) < 4.78 is 17.1. The number of rotatable bonds is 5. The lowest BCUT2D eigenvalue weighted by Crippen LogP contribution is -2.53. The molecule has 0 saturated carbocycles. The highest BCUT2D eigenvalue weighted by molar-refractivity contribution is 6.50. The van der Waals surface area contributed by atoms with Crippen molar-refractivity contribution in [3.05, 3.63) is 59.2 Å². The van der Waals surface area contributed by atoms with E-state index >= 15 is 0 Å². The third-order valence-corrected chi connectivity index (χ3v) is 7.48. The summed E-state index contributed by atoms with van der Waals surface area (Å²) in [6, 6.07) is 12.0. The predicted octanol–water partition coefficient (Wildman–Crippen LogP) is 2.97. The van der Waals surface area contributed by atoms with Gasteiger partial charge in [0, 0.05) is 30.8 Å². The summed E-state index contributed by atoms with van der Waals surface area (Å²) in [7, 11) is 0. The first-order valence-electron chi connectivity index (χ1n) is 12.7.